The summed E-state index contributed by atoms with van der Waals surface area (Å²) in [4.78, 5) is 15.8. The fourth-order valence-corrected chi connectivity index (χ4v) is 4.91. The summed E-state index contributed by atoms with van der Waals surface area (Å²) < 4.78 is 6.17. The quantitative estimate of drug-likeness (QED) is 0.515. The number of para-hydroxylation sites is 1. The zero-order valence-electron chi connectivity index (χ0n) is 17.4. The number of fused-ring (bicyclic) bond motifs is 4. The number of rotatable bonds is 6. The first-order chi connectivity index (χ1) is 14.7. The highest BCUT2D eigenvalue weighted by Crippen LogP contribution is 2.52. The molecule has 0 aromatic heterocycles. The van der Waals surface area contributed by atoms with Gasteiger partial charge in [-0.25, -0.2) is 0 Å². The van der Waals surface area contributed by atoms with Gasteiger partial charge in [0, 0.05) is 17.8 Å². The van der Waals surface area contributed by atoms with Crippen molar-refractivity contribution < 1.29 is 9.53 Å². The highest BCUT2D eigenvalue weighted by molar-refractivity contribution is 6.11. The zero-order chi connectivity index (χ0) is 20.6. The molecule has 5 rings (SSSR count). The summed E-state index contributed by atoms with van der Waals surface area (Å²) in [5.41, 5.74) is 4.91. The Morgan fingerprint density at radius 3 is 2.53 bits per heavy atom. The maximum atomic E-state index is 13.8. The third kappa shape index (κ3) is 2.92. The molecule has 2 heterocycles. The van der Waals surface area contributed by atoms with Gasteiger partial charge in [-0.3, -0.25) is 4.79 Å². The van der Waals surface area contributed by atoms with Crippen molar-refractivity contribution in [2.75, 3.05) is 18.1 Å². The van der Waals surface area contributed by atoms with E-state index in [-0.39, 0.29) is 5.91 Å². The number of unbranched alkanes of at least 4 members (excludes halogenated alkanes) is 2. The molecule has 2 aliphatic heterocycles. The minimum Gasteiger partial charge on any atom is -0.491 e. The number of carbonyl (C=O) groups excluding carboxylic acids is 1. The second kappa shape index (κ2) is 7.64. The van der Waals surface area contributed by atoms with Crippen LogP contribution in [0, 0.1) is 0 Å². The Kier molecular flexibility index (Phi) is 4.82. The van der Waals surface area contributed by atoms with Gasteiger partial charge in [-0.2, -0.15) is 0 Å². The molecule has 0 radical (unpaired) electrons. The van der Waals surface area contributed by atoms with Crippen molar-refractivity contribution in [3.8, 4) is 5.75 Å². The van der Waals surface area contributed by atoms with Crippen molar-refractivity contribution in [1.29, 1.82) is 0 Å². The van der Waals surface area contributed by atoms with E-state index in [0.717, 1.165) is 54.8 Å². The summed E-state index contributed by atoms with van der Waals surface area (Å²) in [5, 5.41) is 0. The van der Waals surface area contributed by atoms with Crippen molar-refractivity contribution in [2.45, 2.75) is 38.0 Å². The minimum absolute atomic E-state index is 0.161. The van der Waals surface area contributed by atoms with Crippen molar-refractivity contribution in [2.24, 2.45) is 0 Å². The van der Waals surface area contributed by atoms with Gasteiger partial charge in [-0.15, -0.1) is 0 Å². The molecular formula is C27H27NO2. The highest BCUT2D eigenvalue weighted by atomic mass is 16.5. The lowest BCUT2D eigenvalue weighted by molar-refractivity contribution is -0.122. The lowest BCUT2D eigenvalue weighted by Crippen LogP contribution is -2.42. The number of hydrogen-bond acceptors (Lipinski definition) is 2. The molecule has 2 aliphatic rings. The lowest BCUT2D eigenvalue weighted by atomic mass is 9.77. The number of anilines is 1. The van der Waals surface area contributed by atoms with Crippen LogP contribution in [0.4, 0.5) is 5.69 Å². The fourth-order valence-electron chi connectivity index (χ4n) is 4.91. The van der Waals surface area contributed by atoms with Crippen molar-refractivity contribution in [3.05, 3.63) is 95.1 Å². The average molecular weight is 398 g/mol. The highest BCUT2D eigenvalue weighted by Gasteiger charge is 2.56. The maximum Gasteiger partial charge on any atom is 0.245 e. The summed E-state index contributed by atoms with van der Waals surface area (Å²) >= 11 is 0. The molecule has 0 fully saturated rings. The van der Waals surface area contributed by atoms with Gasteiger partial charge in [-0.05, 0) is 41.7 Å². The third-order valence-corrected chi connectivity index (χ3v) is 6.45. The minimum atomic E-state index is -0.705. The van der Waals surface area contributed by atoms with Crippen molar-refractivity contribution in [1.82, 2.24) is 0 Å². The first-order valence-electron chi connectivity index (χ1n) is 11.0. The molecule has 0 aliphatic carbocycles. The molecule has 0 saturated carbocycles. The average Bonchev–Trinajstić information content (AvgIpc) is 3.27. The molecule has 1 atom stereocenters. The largest absolute Gasteiger partial charge is 0.491 e. The van der Waals surface area contributed by atoms with Crippen LogP contribution in [0.25, 0.3) is 0 Å². The Bertz CT molecular complexity index is 1080. The molecule has 0 N–H and O–H groups in total. The van der Waals surface area contributed by atoms with E-state index in [1.807, 2.05) is 23.1 Å². The lowest BCUT2D eigenvalue weighted by Gasteiger charge is -2.23. The van der Waals surface area contributed by atoms with E-state index in [4.69, 9.17) is 4.74 Å². The topological polar surface area (TPSA) is 29.5 Å². The first kappa shape index (κ1) is 18.9. The van der Waals surface area contributed by atoms with Crippen LogP contribution in [0.5, 0.6) is 5.75 Å². The number of nitrogens with zero attached hydrogens (tertiary/aromatic N) is 1. The van der Waals surface area contributed by atoms with Gasteiger partial charge in [0.2, 0.25) is 5.91 Å². The van der Waals surface area contributed by atoms with Crippen molar-refractivity contribution >= 4 is 11.6 Å². The van der Waals surface area contributed by atoms with Gasteiger partial charge >= 0.3 is 0 Å². The summed E-state index contributed by atoms with van der Waals surface area (Å²) in [5.74, 6) is 1.01. The Balaban J connectivity index is 1.51. The number of benzene rings is 3. The van der Waals surface area contributed by atoms with Crippen LogP contribution in [-0.4, -0.2) is 19.1 Å². The predicted octanol–water partition coefficient (Wildman–Crippen LogP) is 5.49. The Hall–Kier alpha value is -3.07. The smallest absolute Gasteiger partial charge is 0.245 e. The maximum absolute atomic E-state index is 13.8. The fraction of sp³-hybridized carbons (Fsp3) is 0.296. The van der Waals surface area contributed by atoms with E-state index >= 15 is 0 Å². The Labute approximate surface area is 178 Å². The Morgan fingerprint density at radius 2 is 1.70 bits per heavy atom. The number of hydrogen-bond donors (Lipinski definition) is 0. The third-order valence-electron chi connectivity index (χ3n) is 6.45. The van der Waals surface area contributed by atoms with Crippen LogP contribution >= 0.6 is 0 Å². The molecule has 1 amide bonds. The van der Waals surface area contributed by atoms with Crippen LogP contribution in [0.1, 0.15) is 48.4 Å². The summed E-state index contributed by atoms with van der Waals surface area (Å²) in [6, 6.07) is 25.1. The van der Waals surface area contributed by atoms with Crippen LogP contribution in [0.2, 0.25) is 0 Å². The summed E-state index contributed by atoms with van der Waals surface area (Å²) in [7, 11) is 0. The van der Waals surface area contributed by atoms with E-state index < -0.39 is 5.41 Å². The number of amides is 1. The molecular weight excluding hydrogens is 370 g/mol. The van der Waals surface area contributed by atoms with E-state index in [0.29, 0.717) is 6.61 Å². The molecule has 1 spiro atoms. The second-order valence-electron chi connectivity index (χ2n) is 8.37. The molecule has 3 heteroatoms. The SMILES string of the molecule is CCCCCN1C(=O)C2(COc3cc(Cc4ccccc4)ccc32)c2ccccc21. The molecule has 3 aromatic rings. The molecule has 3 aromatic carbocycles. The standard InChI is InChI=1S/C27H27NO2/c1-2-3-9-16-28-24-13-8-7-12-22(24)27(26(28)29)19-30-25-18-21(14-15-23(25)27)17-20-10-5-4-6-11-20/h4-8,10-15,18H,2-3,9,16-17,19H2,1H3. The van der Waals surface area contributed by atoms with Gasteiger partial charge in [-0.1, -0.05) is 80.4 Å². The summed E-state index contributed by atoms with van der Waals surface area (Å²) in [6.45, 7) is 3.35. The molecule has 0 bridgehead atoms. The van der Waals surface area contributed by atoms with E-state index in [2.05, 4.69) is 61.5 Å². The van der Waals surface area contributed by atoms with Crippen molar-refractivity contribution in [3.63, 3.8) is 0 Å². The predicted molar refractivity (Wildman–Crippen MR) is 120 cm³/mol. The van der Waals surface area contributed by atoms with E-state index in [1.165, 1.54) is 11.1 Å². The zero-order valence-corrected chi connectivity index (χ0v) is 17.4. The van der Waals surface area contributed by atoms with E-state index in [9.17, 15) is 4.79 Å². The van der Waals surface area contributed by atoms with Gasteiger partial charge in [0.15, 0.2) is 0 Å². The monoisotopic (exact) mass is 397 g/mol. The van der Waals surface area contributed by atoms with Crippen LogP contribution in [-0.2, 0) is 16.6 Å². The summed E-state index contributed by atoms with van der Waals surface area (Å²) in [6.07, 6.45) is 4.16. The van der Waals surface area contributed by atoms with Crippen LogP contribution < -0.4 is 9.64 Å². The first-order valence-corrected chi connectivity index (χ1v) is 11.0. The van der Waals surface area contributed by atoms with Crippen LogP contribution in [0.15, 0.2) is 72.8 Å². The molecule has 152 valence electrons. The Morgan fingerprint density at radius 1 is 0.900 bits per heavy atom. The second-order valence-corrected chi connectivity index (χ2v) is 8.37. The molecule has 3 nitrogen and oxygen atoms in total. The molecule has 30 heavy (non-hydrogen) atoms. The van der Waals surface area contributed by atoms with Gasteiger partial charge in [0.05, 0.1) is 0 Å². The van der Waals surface area contributed by atoms with Crippen LogP contribution in [0.3, 0.4) is 0 Å². The number of ether oxygens (including phenoxy) is 1. The normalized spacial score (nSPS) is 19.1. The molecule has 1 unspecified atom stereocenters. The van der Waals surface area contributed by atoms with Gasteiger partial charge in [0.1, 0.15) is 17.8 Å². The van der Waals surface area contributed by atoms with Gasteiger partial charge in [0.25, 0.3) is 0 Å². The van der Waals surface area contributed by atoms with E-state index in [1.54, 1.807) is 0 Å². The number of carbonyl (C=O) groups is 1. The molecule has 0 saturated heterocycles. The van der Waals surface area contributed by atoms with Gasteiger partial charge < -0.3 is 9.64 Å².